The second-order valence-corrected chi connectivity index (χ2v) is 7.55. The second-order valence-electron chi connectivity index (χ2n) is 6.19. The number of aryl methyl sites for hydroxylation is 1. The third kappa shape index (κ3) is 5.12. The second kappa shape index (κ2) is 8.91. The molecule has 2 N–H and O–H groups in total. The predicted molar refractivity (Wildman–Crippen MR) is 114 cm³/mol. The molecule has 0 aliphatic carbocycles. The minimum atomic E-state index is -0.725. The molecular weight excluding hydrogens is 396 g/mol. The third-order valence-corrected chi connectivity index (χ3v) is 5.10. The Balaban J connectivity index is 1.57. The number of nitrogens with one attached hydrogen (secondary N) is 2. The van der Waals surface area contributed by atoms with Gasteiger partial charge in [0.25, 0.3) is 11.8 Å². The number of ether oxygens (including phenoxy) is 1. The minimum absolute atomic E-state index is 0.163. The predicted octanol–water partition coefficient (Wildman–Crippen LogP) is 5.37. The number of amides is 2. The van der Waals surface area contributed by atoms with E-state index in [1.165, 1.54) is 11.3 Å². The van der Waals surface area contributed by atoms with Gasteiger partial charge in [-0.2, -0.15) is 0 Å². The Kier molecular flexibility index (Phi) is 6.34. The fourth-order valence-electron chi connectivity index (χ4n) is 2.43. The number of halogens is 1. The number of carbonyl (C=O) groups is 2. The molecule has 5 nitrogen and oxygen atoms in total. The van der Waals surface area contributed by atoms with Crippen molar-refractivity contribution in [3.05, 3.63) is 75.4 Å². The van der Waals surface area contributed by atoms with Crippen molar-refractivity contribution < 1.29 is 14.3 Å². The zero-order valence-electron chi connectivity index (χ0n) is 15.4. The molecule has 3 aromatic rings. The average Bonchev–Trinajstić information content (AvgIpc) is 3.21. The fraction of sp³-hybridized carbons (Fsp3) is 0.143. The summed E-state index contributed by atoms with van der Waals surface area (Å²) in [6.07, 6.45) is -0.725. The Labute approximate surface area is 172 Å². The molecule has 0 radical (unpaired) electrons. The van der Waals surface area contributed by atoms with Crippen LogP contribution in [0.1, 0.15) is 22.2 Å². The molecule has 144 valence electrons. The first-order valence-corrected chi connectivity index (χ1v) is 9.87. The van der Waals surface area contributed by atoms with Crippen LogP contribution in [-0.4, -0.2) is 17.9 Å². The van der Waals surface area contributed by atoms with Crippen molar-refractivity contribution in [3.63, 3.8) is 0 Å². The van der Waals surface area contributed by atoms with Crippen molar-refractivity contribution >= 4 is 46.1 Å². The SMILES string of the molecule is Cc1ccc(Cl)c(OC(C)C(=O)Nc2ccc(NC(=O)c3cccs3)cc2)c1. The highest BCUT2D eigenvalue weighted by Crippen LogP contribution is 2.26. The van der Waals surface area contributed by atoms with Gasteiger partial charge < -0.3 is 15.4 Å². The number of hydrogen-bond donors (Lipinski definition) is 2. The van der Waals surface area contributed by atoms with Crippen LogP contribution in [0, 0.1) is 6.92 Å². The molecule has 2 amide bonds. The van der Waals surface area contributed by atoms with Crippen molar-refractivity contribution in [2.75, 3.05) is 10.6 Å². The molecule has 7 heteroatoms. The Morgan fingerprint density at radius 1 is 1.04 bits per heavy atom. The van der Waals surface area contributed by atoms with Gasteiger partial charge in [0.1, 0.15) is 5.75 Å². The molecule has 28 heavy (non-hydrogen) atoms. The number of rotatable bonds is 6. The van der Waals surface area contributed by atoms with Gasteiger partial charge in [-0.15, -0.1) is 11.3 Å². The maximum atomic E-state index is 12.4. The van der Waals surface area contributed by atoms with Gasteiger partial charge in [-0.1, -0.05) is 23.7 Å². The maximum absolute atomic E-state index is 12.4. The van der Waals surface area contributed by atoms with E-state index in [1.807, 2.05) is 24.4 Å². The molecule has 0 aliphatic heterocycles. The molecule has 2 aromatic carbocycles. The Morgan fingerprint density at radius 3 is 2.36 bits per heavy atom. The Morgan fingerprint density at radius 2 is 1.71 bits per heavy atom. The summed E-state index contributed by atoms with van der Waals surface area (Å²) in [6.45, 7) is 3.58. The Bertz CT molecular complexity index is 972. The van der Waals surface area contributed by atoms with E-state index in [0.29, 0.717) is 27.0 Å². The number of thiophene rings is 1. The molecule has 1 atom stereocenters. The number of hydrogen-bond acceptors (Lipinski definition) is 4. The molecule has 0 saturated heterocycles. The first-order valence-electron chi connectivity index (χ1n) is 8.61. The van der Waals surface area contributed by atoms with Crippen LogP contribution >= 0.6 is 22.9 Å². The quantitative estimate of drug-likeness (QED) is 0.569. The third-order valence-electron chi connectivity index (χ3n) is 3.91. The van der Waals surface area contributed by atoms with E-state index in [1.54, 1.807) is 49.4 Å². The summed E-state index contributed by atoms with van der Waals surface area (Å²) in [5, 5.41) is 7.90. The van der Waals surface area contributed by atoms with Crippen LogP contribution in [0.25, 0.3) is 0 Å². The van der Waals surface area contributed by atoms with Crippen LogP contribution in [0.3, 0.4) is 0 Å². The van der Waals surface area contributed by atoms with E-state index < -0.39 is 6.10 Å². The maximum Gasteiger partial charge on any atom is 0.265 e. The highest BCUT2D eigenvalue weighted by molar-refractivity contribution is 7.12. The lowest BCUT2D eigenvalue weighted by Crippen LogP contribution is -2.30. The summed E-state index contributed by atoms with van der Waals surface area (Å²) in [4.78, 5) is 25.1. The Hall–Kier alpha value is -2.83. The van der Waals surface area contributed by atoms with Gasteiger partial charge in [0.05, 0.1) is 9.90 Å². The van der Waals surface area contributed by atoms with E-state index in [4.69, 9.17) is 16.3 Å². The van der Waals surface area contributed by atoms with Gasteiger partial charge in [-0.25, -0.2) is 0 Å². The molecule has 0 aliphatic rings. The molecule has 0 saturated carbocycles. The smallest absolute Gasteiger partial charge is 0.265 e. The van der Waals surface area contributed by atoms with Gasteiger partial charge in [0, 0.05) is 11.4 Å². The lowest BCUT2D eigenvalue weighted by Gasteiger charge is -2.16. The van der Waals surface area contributed by atoms with E-state index in [2.05, 4.69) is 10.6 Å². The van der Waals surface area contributed by atoms with Crippen LogP contribution in [-0.2, 0) is 4.79 Å². The number of anilines is 2. The first-order chi connectivity index (χ1) is 13.4. The van der Waals surface area contributed by atoms with Gasteiger partial charge in [-0.3, -0.25) is 9.59 Å². The average molecular weight is 415 g/mol. The van der Waals surface area contributed by atoms with Crippen molar-refractivity contribution in [2.24, 2.45) is 0 Å². The van der Waals surface area contributed by atoms with E-state index in [0.717, 1.165) is 5.56 Å². The number of benzene rings is 2. The summed E-state index contributed by atoms with van der Waals surface area (Å²) >= 11 is 7.49. The minimum Gasteiger partial charge on any atom is -0.479 e. The molecule has 0 spiro atoms. The lowest BCUT2D eigenvalue weighted by molar-refractivity contribution is -0.122. The van der Waals surface area contributed by atoms with Crippen molar-refractivity contribution in [1.29, 1.82) is 0 Å². The molecule has 1 unspecified atom stereocenters. The molecule has 0 fully saturated rings. The topological polar surface area (TPSA) is 67.4 Å². The molecule has 0 bridgehead atoms. The van der Waals surface area contributed by atoms with Gasteiger partial charge >= 0.3 is 0 Å². The molecule has 1 heterocycles. The summed E-state index contributed by atoms with van der Waals surface area (Å²) in [7, 11) is 0. The van der Waals surface area contributed by atoms with Crippen molar-refractivity contribution in [3.8, 4) is 5.75 Å². The lowest BCUT2D eigenvalue weighted by atomic mass is 10.2. The van der Waals surface area contributed by atoms with Gasteiger partial charge in [0.2, 0.25) is 0 Å². The number of carbonyl (C=O) groups excluding carboxylic acids is 2. The van der Waals surface area contributed by atoms with Crippen LogP contribution in [0.15, 0.2) is 60.0 Å². The van der Waals surface area contributed by atoms with Crippen molar-refractivity contribution in [2.45, 2.75) is 20.0 Å². The molecule has 1 aromatic heterocycles. The van der Waals surface area contributed by atoms with E-state index in [9.17, 15) is 9.59 Å². The summed E-state index contributed by atoms with van der Waals surface area (Å²) in [5.41, 5.74) is 2.24. The zero-order chi connectivity index (χ0) is 20.1. The fourth-order valence-corrected chi connectivity index (χ4v) is 3.21. The van der Waals surface area contributed by atoms with Crippen molar-refractivity contribution in [1.82, 2.24) is 0 Å². The normalized spacial score (nSPS) is 11.5. The van der Waals surface area contributed by atoms with Gasteiger partial charge in [0.15, 0.2) is 6.10 Å². The summed E-state index contributed by atoms with van der Waals surface area (Å²) < 4.78 is 5.68. The largest absolute Gasteiger partial charge is 0.479 e. The first kappa shape index (κ1) is 19.9. The summed E-state index contributed by atoms with van der Waals surface area (Å²) in [6, 6.07) is 15.9. The highest BCUT2D eigenvalue weighted by Gasteiger charge is 2.16. The van der Waals surface area contributed by atoms with Gasteiger partial charge in [-0.05, 0) is 67.3 Å². The zero-order valence-corrected chi connectivity index (χ0v) is 16.9. The summed E-state index contributed by atoms with van der Waals surface area (Å²) in [5.74, 6) is 0.00717. The van der Waals surface area contributed by atoms with Crippen LogP contribution in [0.4, 0.5) is 11.4 Å². The van der Waals surface area contributed by atoms with E-state index >= 15 is 0 Å². The van der Waals surface area contributed by atoms with E-state index in [-0.39, 0.29) is 11.8 Å². The monoisotopic (exact) mass is 414 g/mol. The van der Waals surface area contributed by atoms with Crippen LogP contribution in [0.2, 0.25) is 5.02 Å². The van der Waals surface area contributed by atoms with Crippen LogP contribution < -0.4 is 15.4 Å². The molecular formula is C21H19ClN2O3S. The highest BCUT2D eigenvalue weighted by atomic mass is 35.5. The molecule has 3 rings (SSSR count). The standard InChI is InChI=1S/C21H19ClN2O3S/c1-13-5-10-17(22)18(12-13)27-14(2)20(25)23-15-6-8-16(9-7-15)24-21(26)19-4-3-11-28-19/h3-12,14H,1-2H3,(H,23,25)(H,24,26). The van der Waals surface area contributed by atoms with Crippen LogP contribution in [0.5, 0.6) is 5.75 Å².